The van der Waals surface area contributed by atoms with Crippen LogP contribution in [0.15, 0.2) is 57.0 Å². The summed E-state index contributed by atoms with van der Waals surface area (Å²) in [4.78, 5) is 41.9. The number of anilines is 1. The average molecular weight is 471 g/mol. The Hall–Kier alpha value is -3.66. The van der Waals surface area contributed by atoms with Crippen molar-refractivity contribution >= 4 is 34.1 Å². The third-order valence-corrected chi connectivity index (χ3v) is 5.88. The molecule has 172 valence electrons. The molecule has 2 aromatic carbocycles. The molecule has 8 nitrogen and oxygen atoms in total. The maximum absolute atomic E-state index is 13.3. The summed E-state index contributed by atoms with van der Waals surface area (Å²) in [7, 11) is 2.59. The third-order valence-electron chi connectivity index (χ3n) is 4.90. The van der Waals surface area contributed by atoms with E-state index in [0.717, 1.165) is 32.0 Å². The Morgan fingerprint density at radius 2 is 1.76 bits per heavy atom. The van der Waals surface area contributed by atoms with E-state index in [1.54, 1.807) is 6.07 Å². The summed E-state index contributed by atoms with van der Waals surface area (Å²) in [5.74, 6) is -1.51. The van der Waals surface area contributed by atoms with Gasteiger partial charge in [-0.15, -0.1) is 0 Å². The second-order valence-electron chi connectivity index (χ2n) is 7.45. The number of carbonyl (C=O) groups is 1. The van der Waals surface area contributed by atoms with E-state index in [4.69, 9.17) is 0 Å². The van der Waals surface area contributed by atoms with Crippen LogP contribution in [0.1, 0.15) is 16.7 Å². The number of aliphatic imine (C=N–C) groups is 1. The number of halogens is 1. The van der Waals surface area contributed by atoms with E-state index in [-0.39, 0.29) is 22.3 Å². The van der Waals surface area contributed by atoms with Crippen LogP contribution < -0.4 is 16.6 Å². The number of rotatable bonds is 5. The number of thioether (sulfide) groups is 1. The minimum Gasteiger partial charge on any atom is -0.494 e. The number of aryl methyl sites for hydroxylation is 2. The van der Waals surface area contributed by atoms with Crippen molar-refractivity contribution in [2.24, 2.45) is 19.1 Å². The van der Waals surface area contributed by atoms with Crippen molar-refractivity contribution in [3.8, 4) is 5.88 Å². The molecule has 0 saturated carbocycles. The predicted molar refractivity (Wildman–Crippen MR) is 128 cm³/mol. The summed E-state index contributed by atoms with van der Waals surface area (Å²) >= 11 is 0.917. The fourth-order valence-electron chi connectivity index (χ4n) is 3.09. The second-order valence-corrected chi connectivity index (χ2v) is 8.42. The van der Waals surface area contributed by atoms with E-state index in [0.29, 0.717) is 11.4 Å². The van der Waals surface area contributed by atoms with E-state index >= 15 is 0 Å². The average Bonchev–Trinajstić information content (AvgIpc) is 2.78. The molecule has 1 aromatic heterocycles. The molecule has 3 rings (SSSR count). The highest BCUT2D eigenvalue weighted by molar-refractivity contribution is 8.15. The first-order valence-corrected chi connectivity index (χ1v) is 10.9. The van der Waals surface area contributed by atoms with Gasteiger partial charge in [0.15, 0.2) is 0 Å². The van der Waals surface area contributed by atoms with E-state index in [2.05, 4.69) is 10.3 Å². The number of hydrogen-bond acceptors (Lipinski definition) is 6. The topological polar surface area (TPSA) is 106 Å². The van der Waals surface area contributed by atoms with Crippen molar-refractivity contribution < 1.29 is 14.3 Å². The highest BCUT2D eigenvalue weighted by atomic mass is 32.2. The van der Waals surface area contributed by atoms with Crippen LogP contribution in [0.3, 0.4) is 0 Å². The van der Waals surface area contributed by atoms with Gasteiger partial charge in [0.1, 0.15) is 16.4 Å². The molecule has 0 bridgehead atoms. The summed E-state index contributed by atoms with van der Waals surface area (Å²) < 4.78 is 15.1. The largest absolute Gasteiger partial charge is 0.494 e. The number of nitrogens with one attached hydrogen (secondary N) is 1. The van der Waals surface area contributed by atoms with Crippen molar-refractivity contribution in [1.82, 2.24) is 9.13 Å². The van der Waals surface area contributed by atoms with Crippen LogP contribution in [0, 0.1) is 19.7 Å². The van der Waals surface area contributed by atoms with Gasteiger partial charge in [0.2, 0.25) is 11.8 Å². The van der Waals surface area contributed by atoms with Gasteiger partial charge in [-0.1, -0.05) is 29.5 Å². The number of aromatic hydroxyl groups is 1. The summed E-state index contributed by atoms with van der Waals surface area (Å²) in [6.07, 6.45) is 0. The molecule has 0 atom stereocenters. The maximum atomic E-state index is 13.3. The van der Waals surface area contributed by atoms with Crippen LogP contribution in [-0.4, -0.2) is 30.9 Å². The van der Waals surface area contributed by atoms with Gasteiger partial charge >= 0.3 is 5.69 Å². The Morgan fingerprint density at radius 3 is 2.39 bits per heavy atom. The fraction of sp³-hybridized carbons (Fsp3) is 0.217. The van der Waals surface area contributed by atoms with Crippen LogP contribution in [-0.2, 0) is 18.9 Å². The van der Waals surface area contributed by atoms with Crippen LogP contribution in [0.25, 0.3) is 0 Å². The van der Waals surface area contributed by atoms with E-state index in [1.165, 1.54) is 38.4 Å². The van der Waals surface area contributed by atoms with E-state index in [9.17, 15) is 23.9 Å². The maximum Gasteiger partial charge on any atom is 0.333 e. The molecule has 33 heavy (non-hydrogen) atoms. The first-order valence-electron chi connectivity index (χ1n) is 9.92. The number of nitrogens with zero attached hydrogens (tertiary/aromatic N) is 3. The first-order chi connectivity index (χ1) is 15.6. The summed E-state index contributed by atoms with van der Waals surface area (Å²) in [5.41, 5.74) is 1.23. The van der Waals surface area contributed by atoms with Gasteiger partial charge in [0.25, 0.3) is 5.56 Å². The molecule has 10 heteroatoms. The number of benzene rings is 2. The van der Waals surface area contributed by atoms with Gasteiger partial charge < -0.3 is 10.4 Å². The molecule has 0 radical (unpaired) electrons. The lowest BCUT2D eigenvalue weighted by Crippen LogP contribution is -2.39. The number of carbonyl (C=O) groups excluding carboxylic acids is 1. The highest BCUT2D eigenvalue weighted by Gasteiger charge is 2.22. The molecule has 0 aliphatic heterocycles. The second kappa shape index (κ2) is 9.86. The molecule has 0 aliphatic rings. The highest BCUT2D eigenvalue weighted by Crippen LogP contribution is 2.24. The normalized spacial score (nSPS) is 11.5. The SMILES string of the molecule is Cc1ccc(NC(=O)CSC(=Nc2ccc(F)cc2)c2c(O)n(C)c(=O)n(C)c2=O)c(C)c1. The van der Waals surface area contributed by atoms with Crippen LogP contribution >= 0.6 is 11.8 Å². The Kier molecular flexibility index (Phi) is 7.17. The number of aromatic nitrogens is 2. The predicted octanol–water partition coefficient (Wildman–Crippen LogP) is 3.00. The van der Waals surface area contributed by atoms with E-state index in [1.807, 2.05) is 26.0 Å². The van der Waals surface area contributed by atoms with Crippen molar-refractivity contribution in [3.05, 3.63) is 85.8 Å². The molecule has 2 N–H and O–H groups in total. The van der Waals surface area contributed by atoms with Crippen molar-refractivity contribution in [3.63, 3.8) is 0 Å². The van der Waals surface area contributed by atoms with Gasteiger partial charge in [-0.25, -0.2) is 14.2 Å². The first kappa shape index (κ1) is 24.0. The Balaban J connectivity index is 1.97. The van der Waals surface area contributed by atoms with Crippen LogP contribution in [0.2, 0.25) is 0 Å². The number of amides is 1. The lowest BCUT2D eigenvalue weighted by atomic mass is 10.1. The van der Waals surface area contributed by atoms with Crippen molar-refractivity contribution in [2.75, 3.05) is 11.1 Å². The number of hydrogen-bond donors (Lipinski definition) is 2. The summed E-state index contributed by atoms with van der Waals surface area (Å²) in [5, 5.41) is 13.4. The van der Waals surface area contributed by atoms with Gasteiger partial charge in [-0.2, -0.15) is 0 Å². The van der Waals surface area contributed by atoms with Crippen molar-refractivity contribution in [1.29, 1.82) is 0 Å². The summed E-state index contributed by atoms with van der Waals surface area (Å²) in [6, 6.07) is 10.8. The molecule has 0 unspecified atom stereocenters. The van der Waals surface area contributed by atoms with Gasteiger partial charge in [-0.3, -0.25) is 18.7 Å². The molecule has 0 aliphatic carbocycles. The smallest absolute Gasteiger partial charge is 0.333 e. The Labute approximate surface area is 193 Å². The molecular weight excluding hydrogens is 447 g/mol. The van der Waals surface area contributed by atoms with Gasteiger partial charge in [-0.05, 0) is 49.7 Å². The van der Waals surface area contributed by atoms with Crippen LogP contribution in [0.4, 0.5) is 15.8 Å². The third kappa shape index (κ3) is 5.40. The zero-order valence-corrected chi connectivity index (χ0v) is 19.4. The van der Waals surface area contributed by atoms with Gasteiger partial charge in [0, 0.05) is 19.8 Å². The summed E-state index contributed by atoms with van der Waals surface area (Å²) in [6.45, 7) is 3.83. The Morgan fingerprint density at radius 1 is 1.09 bits per heavy atom. The zero-order valence-electron chi connectivity index (χ0n) is 18.5. The zero-order chi connectivity index (χ0) is 24.3. The molecular formula is C23H23FN4O4S. The lowest BCUT2D eigenvalue weighted by Gasteiger charge is -2.13. The van der Waals surface area contributed by atoms with E-state index < -0.39 is 22.9 Å². The molecule has 0 spiro atoms. The Bertz CT molecular complexity index is 1360. The molecule has 1 amide bonds. The molecule has 0 saturated heterocycles. The van der Waals surface area contributed by atoms with Gasteiger partial charge in [0.05, 0.1) is 11.4 Å². The molecule has 3 aromatic rings. The fourth-order valence-corrected chi connectivity index (χ4v) is 3.92. The van der Waals surface area contributed by atoms with Crippen molar-refractivity contribution in [2.45, 2.75) is 13.8 Å². The monoisotopic (exact) mass is 470 g/mol. The standard InChI is InChI=1S/C23H23FN4O4S/c1-13-5-10-17(14(2)11-13)26-18(29)12-33-20(25-16-8-6-15(24)7-9-16)19-21(30)27(3)23(32)28(4)22(19)31/h5-11,30H,12H2,1-4H3,(H,26,29). The molecule has 0 fully saturated rings. The van der Waals surface area contributed by atoms with Crippen LogP contribution in [0.5, 0.6) is 5.88 Å². The minimum atomic E-state index is -0.765. The lowest BCUT2D eigenvalue weighted by molar-refractivity contribution is -0.113. The molecule has 1 heterocycles. The minimum absolute atomic E-state index is 0.0195. The quantitative estimate of drug-likeness (QED) is 0.441.